The molecule has 104 valence electrons. The monoisotopic (exact) mass is 289 g/mol. The van der Waals surface area contributed by atoms with Crippen LogP contribution in [0.15, 0.2) is 18.3 Å². The first-order chi connectivity index (χ1) is 9.58. The van der Waals surface area contributed by atoms with E-state index in [1.807, 2.05) is 26.0 Å². The molecule has 5 heteroatoms. The van der Waals surface area contributed by atoms with Crippen molar-refractivity contribution in [3.63, 3.8) is 0 Å². The SMILES string of the molecule is Cc1cnc(C)c(-c2cc(Cl)cc3c2OC(CN)C3)n1. The molecule has 0 fully saturated rings. The van der Waals surface area contributed by atoms with Gasteiger partial charge in [-0.2, -0.15) is 0 Å². The predicted octanol–water partition coefficient (Wildman–Crippen LogP) is 2.68. The topological polar surface area (TPSA) is 61.0 Å². The highest BCUT2D eigenvalue weighted by atomic mass is 35.5. The highest BCUT2D eigenvalue weighted by Gasteiger charge is 2.26. The number of nitrogens with zero attached hydrogens (tertiary/aromatic N) is 2. The van der Waals surface area contributed by atoms with Crippen LogP contribution in [0.25, 0.3) is 11.3 Å². The van der Waals surface area contributed by atoms with Crippen LogP contribution < -0.4 is 10.5 Å². The van der Waals surface area contributed by atoms with Gasteiger partial charge in [0.1, 0.15) is 11.9 Å². The van der Waals surface area contributed by atoms with Crippen LogP contribution in [0.5, 0.6) is 5.75 Å². The summed E-state index contributed by atoms with van der Waals surface area (Å²) in [6.45, 7) is 4.35. The van der Waals surface area contributed by atoms with E-state index in [9.17, 15) is 0 Å². The first-order valence-corrected chi connectivity index (χ1v) is 6.96. The lowest BCUT2D eigenvalue weighted by atomic mass is 10.0. The van der Waals surface area contributed by atoms with Crippen molar-refractivity contribution in [2.45, 2.75) is 26.4 Å². The molecule has 3 rings (SSSR count). The maximum Gasteiger partial charge on any atom is 0.132 e. The molecule has 1 aliphatic rings. The van der Waals surface area contributed by atoms with E-state index < -0.39 is 0 Å². The Hall–Kier alpha value is -1.65. The fourth-order valence-electron chi connectivity index (χ4n) is 2.49. The minimum Gasteiger partial charge on any atom is -0.488 e. The van der Waals surface area contributed by atoms with Crippen LogP contribution in [-0.2, 0) is 6.42 Å². The maximum atomic E-state index is 6.23. The number of benzene rings is 1. The van der Waals surface area contributed by atoms with Crippen LogP contribution in [0, 0.1) is 13.8 Å². The number of aromatic nitrogens is 2. The second-order valence-corrected chi connectivity index (χ2v) is 5.50. The second-order valence-electron chi connectivity index (χ2n) is 5.07. The van der Waals surface area contributed by atoms with E-state index in [4.69, 9.17) is 22.1 Å². The Bertz CT molecular complexity index is 672. The van der Waals surface area contributed by atoms with Gasteiger partial charge in [0, 0.05) is 35.3 Å². The van der Waals surface area contributed by atoms with E-state index in [2.05, 4.69) is 9.97 Å². The van der Waals surface area contributed by atoms with Crippen molar-refractivity contribution in [2.75, 3.05) is 6.54 Å². The van der Waals surface area contributed by atoms with E-state index in [0.717, 1.165) is 40.4 Å². The number of hydrogen-bond acceptors (Lipinski definition) is 4. The number of ether oxygens (including phenoxy) is 1. The van der Waals surface area contributed by atoms with Crippen molar-refractivity contribution in [1.82, 2.24) is 9.97 Å². The van der Waals surface area contributed by atoms with Gasteiger partial charge >= 0.3 is 0 Å². The fourth-order valence-corrected chi connectivity index (χ4v) is 2.74. The third kappa shape index (κ3) is 2.25. The molecule has 2 aromatic rings. The molecule has 1 atom stereocenters. The van der Waals surface area contributed by atoms with Crippen molar-refractivity contribution in [1.29, 1.82) is 0 Å². The van der Waals surface area contributed by atoms with E-state index in [0.29, 0.717) is 11.6 Å². The molecule has 2 N–H and O–H groups in total. The molecular weight excluding hydrogens is 274 g/mol. The van der Waals surface area contributed by atoms with Gasteiger partial charge in [0.15, 0.2) is 0 Å². The Balaban J connectivity index is 2.18. The van der Waals surface area contributed by atoms with Crippen molar-refractivity contribution in [3.8, 4) is 17.0 Å². The predicted molar refractivity (Wildman–Crippen MR) is 79.1 cm³/mol. The van der Waals surface area contributed by atoms with Crippen molar-refractivity contribution >= 4 is 11.6 Å². The van der Waals surface area contributed by atoms with Gasteiger partial charge in [0.05, 0.1) is 17.1 Å². The molecule has 1 unspecified atom stereocenters. The number of hydrogen-bond donors (Lipinski definition) is 1. The highest BCUT2D eigenvalue weighted by molar-refractivity contribution is 6.31. The molecule has 0 spiro atoms. The molecule has 1 aromatic carbocycles. The molecule has 0 aliphatic carbocycles. The Morgan fingerprint density at radius 1 is 1.40 bits per heavy atom. The van der Waals surface area contributed by atoms with Crippen molar-refractivity contribution in [3.05, 3.63) is 40.3 Å². The first-order valence-electron chi connectivity index (χ1n) is 6.58. The van der Waals surface area contributed by atoms with Gasteiger partial charge in [-0.25, -0.2) is 4.98 Å². The number of fused-ring (bicyclic) bond motifs is 1. The van der Waals surface area contributed by atoms with Crippen LogP contribution in [-0.4, -0.2) is 22.6 Å². The smallest absolute Gasteiger partial charge is 0.132 e. The fraction of sp³-hybridized carbons (Fsp3) is 0.333. The summed E-state index contributed by atoms with van der Waals surface area (Å²) in [6, 6.07) is 3.82. The van der Waals surface area contributed by atoms with Crippen molar-refractivity contribution < 1.29 is 4.74 Å². The number of nitrogens with two attached hydrogens (primary N) is 1. The van der Waals surface area contributed by atoms with Gasteiger partial charge in [-0.15, -0.1) is 0 Å². The Morgan fingerprint density at radius 3 is 2.95 bits per heavy atom. The van der Waals surface area contributed by atoms with Crippen LogP contribution in [0.2, 0.25) is 5.02 Å². The summed E-state index contributed by atoms with van der Waals surface area (Å²) in [5.41, 5.74) is 10.2. The minimum absolute atomic E-state index is 0.0142. The molecule has 2 heterocycles. The molecule has 0 saturated carbocycles. The highest BCUT2D eigenvalue weighted by Crippen LogP contribution is 2.40. The Morgan fingerprint density at radius 2 is 2.20 bits per heavy atom. The molecule has 0 saturated heterocycles. The Labute approximate surface area is 123 Å². The lowest BCUT2D eigenvalue weighted by Gasteiger charge is -2.12. The number of rotatable bonds is 2. The van der Waals surface area contributed by atoms with Gasteiger partial charge in [0.25, 0.3) is 0 Å². The van der Waals surface area contributed by atoms with E-state index in [-0.39, 0.29) is 6.10 Å². The van der Waals surface area contributed by atoms with Crippen LogP contribution in [0.3, 0.4) is 0 Å². The summed E-state index contributed by atoms with van der Waals surface area (Å²) >= 11 is 6.23. The van der Waals surface area contributed by atoms with Crippen LogP contribution in [0.4, 0.5) is 0 Å². The summed E-state index contributed by atoms with van der Waals surface area (Å²) in [5.74, 6) is 0.841. The van der Waals surface area contributed by atoms with Gasteiger partial charge in [-0.1, -0.05) is 11.6 Å². The normalized spacial score (nSPS) is 16.9. The average molecular weight is 290 g/mol. The third-order valence-electron chi connectivity index (χ3n) is 3.46. The van der Waals surface area contributed by atoms with E-state index in [1.54, 1.807) is 6.20 Å². The van der Waals surface area contributed by atoms with Gasteiger partial charge in [0.2, 0.25) is 0 Å². The Kier molecular flexibility index (Phi) is 3.36. The number of halogens is 1. The third-order valence-corrected chi connectivity index (χ3v) is 3.67. The summed E-state index contributed by atoms with van der Waals surface area (Å²) < 4.78 is 5.94. The summed E-state index contributed by atoms with van der Waals surface area (Å²) in [5, 5.41) is 0.683. The zero-order chi connectivity index (χ0) is 14.3. The zero-order valence-electron chi connectivity index (χ0n) is 11.5. The molecule has 20 heavy (non-hydrogen) atoms. The lowest BCUT2D eigenvalue weighted by Crippen LogP contribution is -2.24. The number of aryl methyl sites for hydroxylation is 2. The second kappa shape index (κ2) is 5.04. The van der Waals surface area contributed by atoms with Gasteiger partial charge in [-0.05, 0) is 26.0 Å². The molecule has 4 nitrogen and oxygen atoms in total. The summed E-state index contributed by atoms with van der Waals surface area (Å²) in [6.07, 6.45) is 2.56. The van der Waals surface area contributed by atoms with Crippen LogP contribution in [0.1, 0.15) is 17.0 Å². The molecule has 0 radical (unpaired) electrons. The average Bonchev–Trinajstić information content (AvgIpc) is 2.83. The molecule has 0 amide bonds. The first kappa shape index (κ1) is 13.3. The molecule has 1 aromatic heterocycles. The lowest BCUT2D eigenvalue weighted by molar-refractivity contribution is 0.242. The minimum atomic E-state index is 0.0142. The van der Waals surface area contributed by atoms with Crippen LogP contribution >= 0.6 is 11.6 Å². The maximum absolute atomic E-state index is 6.23. The molecular formula is C15H16ClN3O. The summed E-state index contributed by atoms with van der Waals surface area (Å²) in [4.78, 5) is 8.94. The van der Waals surface area contributed by atoms with Gasteiger partial charge < -0.3 is 10.5 Å². The standard InChI is InChI=1S/C15H16ClN3O/c1-8-7-18-9(2)14(19-8)13-5-11(16)3-10-4-12(6-17)20-15(10)13/h3,5,7,12H,4,6,17H2,1-2H3. The zero-order valence-corrected chi connectivity index (χ0v) is 12.2. The van der Waals surface area contributed by atoms with E-state index >= 15 is 0 Å². The molecule has 0 bridgehead atoms. The molecule has 1 aliphatic heterocycles. The largest absolute Gasteiger partial charge is 0.488 e. The quantitative estimate of drug-likeness (QED) is 0.923. The van der Waals surface area contributed by atoms with E-state index in [1.165, 1.54) is 0 Å². The van der Waals surface area contributed by atoms with Gasteiger partial charge in [-0.3, -0.25) is 4.98 Å². The van der Waals surface area contributed by atoms with Crippen molar-refractivity contribution in [2.24, 2.45) is 5.73 Å². The summed E-state index contributed by atoms with van der Waals surface area (Å²) in [7, 11) is 0.